The SMILES string of the molecule is COc1cc(C(N)=O)nn1-c1cccc(C#C[C@]2(O)CCN(C)C2=O)c1. The van der Waals surface area contributed by atoms with Crippen molar-refractivity contribution in [3.8, 4) is 23.4 Å². The lowest BCUT2D eigenvalue weighted by molar-refractivity contribution is -0.137. The highest BCUT2D eigenvalue weighted by Crippen LogP contribution is 2.22. The third kappa shape index (κ3) is 3.12. The maximum atomic E-state index is 12.0. The van der Waals surface area contributed by atoms with Crippen LogP contribution in [0.1, 0.15) is 22.5 Å². The molecule has 8 nitrogen and oxygen atoms in total. The van der Waals surface area contributed by atoms with E-state index in [1.807, 2.05) is 0 Å². The van der Waals surface area contributed by atoms with E-state index in [9.17, 15) is 14.7 Å². The minimum atomic E-state index is -1.66. The van der Waals surface area contributed by atoms with Gasteiger partial charge in [-0.3, -0.25) is 9.59 Å². The van der Waals surface area contributed by atoms with Crippen molar-refractivity contribution in [3.05, 3.63) is 41.6 Å². The summed E-state index contributed by atoms with van der Waals surface area (Å²) in [5, 5.41) is 14.5. The van der Waals surface area contributed by atoms with E-state index in [0.717, 1.165) is 0 Å². The van der Waals surface area contributed by atoms with Crippen LogP contribution in [0, 0.1) is 11.8 Å². The first-order valence-corrected chi connectivity index (χ1v) is 7.89. The molecule has 1 aliphatic rings. The van der Waals surface area contributed by atoms with Crippen molar-refractivity contribution in [1.82, 2.24) is 14.7 Å². The third-order valence-electron chi connectivity index (χ3n) is 4.15. The summed E-state index contributed by atoms with van der Waals surface area (Å²) in [6, 6.07) is 8.40. The predicted molar refractivity (Wildman–Crippen MR) is 92.7 cm³/mol. The number of aliphatic hydroxyl groups is 1. The van der Waals surface area contributed by atoms with Gasteiger partial charge in [0.2, 0.25) is 11.5 Å². The zero-order chi connectivity index (χ0) is 18.9. The molecule has 0 radical (unpaired) electrons. The van der Waals surface area contributed by atoms with Gasteiger partial charge in [0, 0.05) is 31.6 Å². The van der Waals surface area contributed by atoms with Crippen LogP contribution in [0.2, 0.25) is 0 Å². The van der Waals surface area contributed by atoms with E-state index in [0.29, 0.717) is 23.7 Å². The van der Waals surface area contributed by atoms with Crippen molar-refractivity contribution in [2.45, 2.75) is 12.0 Å². The normalized spacial score (nSPS) is 19.2. The quantitative estimate of drug-likeness (QED) is 0.750. The Bertz CT molecular complexity index is 940. The molecule has 2 aromatic rings. The molecule has 0 aliphatic carbocycles. The predicted octanol–water partition coefficient (Wildman–Crippen LogP) is -0.0755. The zero-order valence-electron chi connectivity index (χ0n) is 14.4. The summed E-state index contributed by atoms with van der Waals surface area (Å²) in [5.41, 5.74) is 4.86. The fourth-order valence-electron chi connectivity index (χ4n) is 2.68. The number of amides is 2. The van der Waals surface area contributed by atoms with Crippen LogP contribution in [0.25, 0.3) is 5.69 Å². The van der Waals surface area contributed by atoms with Gasteiger partial charge in [0.05, 0.1) is 12.8 Å². The van der Waals surface area contributed by atoms with Crippen LogP contribution in [0.15, 0.2) is 30.3 Å². The topological polar surface area (TPSA) is 111 Å². The molecule has 1 aromatic carbocycles. The van der Waals surface area contributed by atoms with Crippen molar-refractivity contribution >= 4 is 11.8 Å². The molecule has 3 rings (SSSR count). The Morgan fingerprint density at radius 2 is 2.19 bits per heavy atom. The van der Waals surface area contributed by atoms with E-state index in [1.165, 1.54) is 22.8 Å². The summed E-state index contributed by atoms with van der Waals surface area (Å²) < 4.78 is 6.65. The highest BCUT2D eigenvalue weighted by Gasteiger charge is 2.42. The van der Waals surface area contributed by atoms with Crippen molar-refractivity contribution in [3.63, 3.8) is 0 Å². The van der Waals surface area contributed by atoms with Crippen molar-refractivity contribution in [1.29, 1.82) is 0 Å². The van der Waals surface area contributed by atoms with Crippen molar-refractivity contribution < 1.29 is 19.4 Å². The van der Waals surface area contributed by atoms with Crippen LogP contribution in [-0.2, 0) is 4.79 Å². The summed E-state index contributed by atoms with van der Waals surface area (Å²) in [5.74, 6) is 4.78. The molecule has 0 saturated carbocycles. The Hall–Kier alpha value is -3.31. The first-order valence-electron chi connectivity index (χ1n) is 7.89. The number of carbonyl (C=O) groups is 2. The average Bonchev–Trinajstić information content (AvgIpc) is 3.18. The van der Waals surface area contributed by atoms with E-state index >= 15 is 0 Å². The fourth-order valence-corrected chi connectivity index (χ4v) is 2.68. The number of methoxy groups -OCH3 is 1. The first kappa shape index (κ1) is 17.5. The maximum Gasteiger partial charge on any atom is 0.269 e. The first-order chi connectivity index (χ1) is 12.3. The number of carbonyl (C=O) groups excluding carboxylic acids is 2. The van der Waals surface area contributed by atoms with Gasteiger partial charge in [-0.25, -0.2) is 4.68 Å². The molecule has 0 spiro atoms. The van der Waals surface area contributed by atoms with Gasteiger partial charge in [-0.1, -0.05) is 17.9 Å². The number of nitrogens with zero attached hydrogens (tertiary/aromatic N) is 3. The number of nitrogens with two attached hydrogens (primary N) is 1. The molecule has 26 heavy (non-hydrogen) atoms. The standard InChI is InChI=1S/C18H18N4O4/c1-21-9-8-18(25,17(21)24)7-6-12-4-3-5-13(10-12)22-15(26-2)11-14(20-22)16(19)23/h3-5,10-11,25H,8-9H2,1-2H3,(H2,19,23)/t18-/m0/s1. The van der Waals surface area contributed by atoms with Gasteiger partial charge in [0.1, 0.15) is 0 Å². The van der Waals surface area contributed by atoms with Crippen LogP contribution in [0.5, 0.6) is 5.88 Å². The summed E-state index contributed by atoms with van der Waals surface area (Å²) in [4.78, 5) is 24.8. The molecule has 134 valence electrons. The summed E-state index contributed by atoms with van der Waals surface area (Å²) in [7, 11) is 3.09. The van der Waals surface area contributed by atoms with Gasteiger partial charge >= 0.3 is 0 Å². The average molecular weight is 354 g/mol. The number of ether oxygens (including phenoxy) is 1. The fraction of sp³-hybridized carbons (Fsp3) is 0.278. The molecule has 3 N–H and O–H groups in total. The van der Waals surface area contributed by atoms with Crippen LogP contribution in [0.4, 0.5) is 0 Å². The van der Waals surface area contributed by atoms with Crippen LogP contribution in [0.3, 0.4) is 0 Å². The lowest BCUT2D eigenvalue weighted by atomic mass is 10.0. The zero-order valence-corrected chi connectivity index (χ0v) is 14.4. The Morgan fingerprint density at radius 1 is 1.42 bits per heavy atom. The van der Waals surface area contributed by atoms with Gasteiger partial charge in [0.15, 0.2) is 5.69 Å². The molecule has 2 heterocycles. The monoisotopic (exact) mass is 354 g/mol. The number of aromatic nitrogens is 2. The summed E-state index contributed by atoms with van der Waals surface area (Å²) in [6.45, 7) is 0.463. The summed E-state index contributed by atoms with van der Waals surface area (Å²) in [6.07, 6.45) is 0.268. The second kappa shape index (κ2) is 6.54. The van der Waals surface area contributed by atoms with E-state index in [4.69, 9.17) is 10.5 Å². The molecule has 8 heteroatoms. The maximum absolute atomic E-state index is 12.0. The smallest absolute Gasteiger partial charge is 0.269 e. The van der Waals surface area contributed by atoms with Gasteiger partial charge < -0.3 is 20.5 Å². The number of benzene rings is 1. The highest BCUT2D eigenvalue weighted by molar-refractivity contribution is 5.91. The lowest BCUT2D eigenvalue weighted by Gasteiger charge is -2.13. The number of likely N-dealkylation sites (tertiary alicyclic amines) is 1. The molecule has 1 fully saturated rings. The van der Waals surface area contributed by atoms with Crippen LogP contribution < -0.4 is 10.5 Å². The van der Waals surface area contributed by atoms with E-state index in [2.05, 4.69) is 16.9 Å². The molecule has 1 atom stereocenters. The molecule has 1 saturated heterocycles. The van der Waals surface area contributed by atoms with Gasteiger partial charge in [0.25, 0.3) is 11.8 Å². The van der Waals surface area contributed by atoms with Crippen LogP contribution >= 0.6 is 0 Å². The summed E-state index contributed by atoms with van der Waals surface area (Å²) >= 11 is 0. The Kier molecular flexibility index (Phi) is 4.40. The Balaban J connectivity index is 1.95. The third-order valence-corrected chi connectivity index (χ3v) is 4.15. The highest BCUT2D eigenvalue weighted by atomic mass is 16.5. The van der Waals surface area contributed by atoms with Gasteiger partial charge in [-0.15, -0.1) is 0 Å². The number of hydrogen-bond donors (Lipinski definition) is 2. The number of primary amides is 1. The second-order valence-electron chi connectivity index (χ2n) is 5.99. The number of rotatable bonds is 3. The van der Waals surface area contributed by atoms with E-state index < -0.39 is 17.4 Å². The molecular weight excluding hydrogens is 336 g/mol. The molecule has 0 bridgehead atoms. The van der Waals surface area contributed by atoms with E-state index in [-0.39, 0.29) is 12.1 Å². The minimum absolute atomic E-state index is 0.0761. The number of likely N-dealkylation sites (N-methyl/N-ethyl adjacent to an activating group) is 1. The van der Waals surface area contributed by atoms with Crippen molar-refractivity contribution in [2.75, 3.05) is 20.7 Å². The van der Waals surface area contributed by atoms with Crippen molar-refractivity contribution in [2.24, 2.45) is 5.73 Å². The minimum Gasteiger partial charge on any atom is -0.481 e. The molecule has 1 aliphatic heterocycles. The van der Waals surface area contributed by atoms with Gasteiger partial charge in [-0.05, 0) is 18.2 Å². The lowest BCUT2D eigenvalue weighted by Crippen LogP contribution is -2.37. The van der Waals surface area contributed by atoms with Crippen LogP contribution in [-0.4, -0.2) is 57.9 Å². The number of hydrogen-bond acceptors (Lipinski definition) is 5. The molecule has 2 amide bonds. The Morgan fingerprint density at radius 3 is 2.81 bits per heavy atom. The van der Waals surface area contributed by atoms with Gasteiger partial charge in [-0.2, -0.15) is 5.10 Å². The molecule has 0 unspecified atom stereocenters. The Labute approximate surface area is 150 Å². The molecule has 1 aromatic heterocycles. The molecular formula is C18H18N4O4. The second-order valence-corrected chi connectivity index (χ2v) is 5.99. The largest absolute Gasteiger partial charge is 0.481 e. The van der Waals surface area contributed by atoms with E-state index in [1.54, 1.807) is 31.3 Å².